The molecule has 3 aromatic carbocycles. The van der Waals surface area contributed by atoms with Gasteiger partial charge in [-0.05, 0) is 46.5 Å². The van der Waals surface area contributed by atoms with Crippen molar-refractivity contribution in [3.05, 3.63) is 126 Å². The quantitative estimate of drug-likeness (QED) is 0.252. The molecule has 0 atom stereocenters. The lowest BCUT2D eigenvalue weighted by Gasteiger charge is -2.11. The maximum Gasteiger partial charge on any atom is 0.416 e. The maximum atomic E-state index is 13.0. The molecule has 0 aliphatic rings. The van der Waals surface area contributed by atoms with Crippen molar-refractivity contribution in [1.82, 2.24) is 4.98 Å². The zero-order chi connectivity index (χ0) is 24.8. The first-order chi connectivity index (χ1) is 16.8. The lowest BCUT2D eigenvalue weighted by atomic mass is 9.95. The summed E-state index contributed by atoms with van der Waals surface area (Å²) in [7, 11) is 0. The predicted molar refractivity (Wildman–Crippen MR) is 130 cm³/mol. The van der Waals surface area contributed by atoms with Gasteiger partial charge in [-0.25, -0.2) is 0 Å². The number of pyridine rings is 1. The van der Waals surface area contributed by atoms with E-state index in [9.17, 15) is 23.1 Å². The molecule has 0 fully saturated rings. The first-order valence-electron chi connectivity index (χ1n) is 10.7. The normalized spacial score (nSPS) is 12.3. The lowest BCUT2D eigenvalue weighted by molar-refractivity contribution is -0.137. The second-order valence-corrected chi connectivity index (χ2v) is 7.76. The molecule has 35 heavy (non-hydrogen) atoms. The molecular formula is C28H21F3N2O2. The highest BCUT2D eigenvalue weighted by Crippen LogP contribution is 2.31. The molecule has 0 radical (unpaired) electrons. The van der Waals surface area contributed by atoms with E-state index in [1.807, 2.05) is 18.2 Å². The summed E-state index contributed by atoms with van der Waals surface area (Å²) in [6, 6.07) is 19.2. The van der Waals surface area contributed by atoms with E-state index in [4.69, 9.17) is 0 Å². The molecule has 0 unspecified atom stereocenters. The molecule has 0 saturated carbocycles. The van der Waals surface area contributed by atoms with Gasteiger partial charge in [0.25, 0.3) is 0 Å². The van der Waals surface area contributed by atoms with Gasteiger partial charge in [0.15, 0.2) is 0 Å². The van der Waals surface area contributed by atoms with Gasteiger partial charge in [-0.2, -0.15) is 13.2 Å². The molecule has 176 valence electrons. The SMILES string of the molecule is O=C(C=CC=C(c1ccc(CO)cc1)c1ccc(C(F)(F)F)cc1)Nc1cccc2cnccc12. The van der Waals surface area contributed by atoms with Gasteiger partial charge in [0.05, 0.1) is 12.2 Å². The third kappa shape index (κ3) is 5.83. The zero-order valence-electron chi connectivity index (χ0n) is 18.5. The van der Waals surface area contributed by atoms with Gasteiger partial charge in [0.1, 0.15) is 0 Å². The van der Waals surface area contributed by atoms with Crippen molar-refractivity contribution in [1.29, 1.82) is 0 Å². The van der Waals surface area contributed by atoms with Crippen LogP contribution in [-0.4, -0.2) is 16.0 Å². The number of nitrogens with zero attached hydrogens (tertiary/aromatic N) is 1. The van der Waals surface area contributed by atoms with E-state index in [0.29, 0.717) is 22.4 Å². The fraction of sp³-hybridized carbons (Fsp3) is 0.0714. The predicted octanol–water partition coefficient (Wildman–Crippen LogP) is 6.37. The maximum absolute atomic E-state index is 13.0. The standard InChI is InChI=1S/C28H21F3N2O2/c29-28(30,31)23-13-11-21(12-14-23)24(20-9-7-19(18-34)8-10-20)4-2-6-27(35)33-26-5-1-3-22-17-32-16-15-25(22)26/h1-17,34H,18H2,(H,33,35). The molecule has 4 nitrogen and oxygen atoms in total. The van der Waals surface area contributed by atoms with Gasteiger partial charge >= 0.3 is 6.18 Å². The number of hydrogen-bond donors (Lipinski definition) is 2. The zero-order valence-corrected chi connectivity index (χ0v) is 18.5. The molecule has 0 aliphatic carbocycles. The van der Waals surface area contributed by atoms with Crippen LogP contribution >= 0.6 is 0 Å². The smallest absolute Gasteiger partial charge is 0.392 e. The van der Waals surface area contributed by atoms with Crippen molar-refractivity contribution in [3.8, 4) is 0 Å². The van der Waals surface area contributed by atoms with Gasteiger partial charge < -0.3 is 10.4 Å². The third-order valence-electron chi connectivity index (χ3n) is 5.42. The lowest BCUT2D eigenvalue weighted by Crippen LogP contribution is -2.08. The number of fused-ring (bicyclic) bond motifs is 1. The number of nitrogens with one attached hydrogen (secondary N) is 1. The van der Waals surface area contributed by atoms with E-state index in [2.05, 4.69) is 10.3 Å². The highest BCUT2D eigenvalue weighted by atomic mass is 19.4. The molecule has 2 N–H and O–H groups in total. The van der Waals surface area contributed by atoms with Crippen LogP contribution in [0, 0.1) is 0 Å². The Hall–Kier alpha value is -4.23. The van der Waals surface area contributed by atoms with Crippen molar-refractivity contribution in [2.45, 2.75) is 12.8 Å². The van der Waals surface area contributed by atoms with Crippen LogP contribution in [0.5, 0.6) is 0 Å². The van der Waals surface area contributed by atoms with E-state index in [-0.39, 0.29) is 12.5 Å². The monoisotopic (exact) mass is 474 g/mol. The Labute approximate surface area is 200 Å². The van der Waals surface area contributed by atoms with Crippen LogP contribution in [0.2, 0.25) is 0 Å². The number of alkyl halides is 3. The Morgan fingerprint density at radius 2 is 1.63 bits per heavy atom. The van der Waals surface area contributed by atoms with Crippen LogP contribution < -0.4 is 5.32 Å². The van der Waals surface area contributed by atoms with E-state index >= 15 is 0 Å². The molecule has 0 spiro atoms. The minimum atomic E-state index is -4.43. The number of rotatable bonds is 6. The van der Waals surface area contributed by atoms with E-state index in [1.165, 1.54) is 18.2 Å². The van der Waals surface area contributed by atoms with Gasteiger partial charge in [-0.15, -0.1) is 0 Å². The van der Waals surface area contributed by atoms with Crippen LogP contribution in [0.15, 0.2) is 103 Å². The van der Waals surface area contributed by atoms with E-state index in [1.54, 1.807) is 54.9 Å². The van der Waals surface area contributed by atoms with E-state index < -0.39 is 11.7 Å². The second-order valence-electron chi connectivity index (χ2n) is 7.76. The summed E-state index contributed by atoms with van der Waals surface area (Å²) in [5.41, 5.74) is 2.53. The highest BCUT2D eigenvalue weighted by molar-refractivity contribution is 6.06. The molecule has 0 bridgehead atoms. The first kappa shape index (κ1) is 23.9. The van der Waals surface area contributed by atoms with Gasteiger partial charge in [0, 0.05) is 34.9 Å². The van der Waals surface area contributed by atoms with Crippen LogP contribution in [0.1, 0.15) is 22.3 Å². The summed E-state index contributed by atoms with van der Waals surface area (Å²) in [6.45, 7) is -0.121. The van der Waals surface area contributed by atoms with Crippen LogP contribution in [-0.2, 0) is 17.6 Å². The fourth-order valence-corrected chi connectivity index (χ4v) is 3.63. The summed E-state index contributed by atoms with van der Waals surface area (Å²) in [4.78, 5) is 16.6. The number of aliphatic hydroxyl groups excluding tert-OH is 1. The number of anilines is 1. The Kier molecular flexibility index (Phi) is 7.08. The third-order valence-corrected chi connectivity index (χ3v) is 5.42. The number of aliphatic hydroxyl groups is 1. The number of allylic oxidation sites excluding steroid dienone is 2. The molecule has 7 heteroatoms. The Morgan fingerprint density at radius 1 is 0.943 bits per heavy atom. The number of amides is 1. The molecule has 0 saturated heterocycles. The van der Waals surface area contributed by atoms with Gasteiger partial charge in [-0.3, -0.25) is 9.78 Å². The summed E-state index contributed by atoms with van der Waals surface area (Å²) in [5, 5.41) is 13.9. The summed E-state index contributed by atoms with van der Waals surface area (Å²) in [6.07, 6.45) is 3.50. The Bertz CT molecular complexity index is 1390. The number of halogens is 3. The number of aromatic nitrogens is 1. The van der Waals surface area contributed by atoms with Crippen LogP contribution in [0.4, 0.5) is 18.9 Å². The molecule has 1 amide bonds. The van der Waals surface area contributed by atoms with Crippen molar-refractivity contribution in [2.75, 3.05) is 5.32 Å². The average Bonchev–Trinajstić information content (AvgIpc) is 2.87. The first-order valence-corrected chi connectivity index (χ1v) is 10.7. The largest absolute Gasteiger partial charge is 0.416 e. The van der Waals surface area contributed by atoms with Crippen molar-refractivity contribution < 1.29 is 23.1 Å². The highest BCUT2D eigenvalue weighted by Gasteiger charge is 2.30. The minimum Gasteiger partial charge on any atom is -0.392 e. The number of carbonyl (C=O) groups is 1. The summed E-state index contributed by atoms with van der Waals surface area (Å²) in [5.74, 6) is -0.354. The van der Waals surface area contributed by atoms with Crippen molar-refractivity contribution in [2.24, 2.45) is 0 Å². The van der Waals surface area contributed by atoms with E-state index in [0.717, 1.165) is 28.5 Å². The minimum absolute atomic E-state index is 0.121. The van der Waals surface area contributed by atoms with Crippen molar-refractivity contribution in [3.63, 3.8) is 0 Å². The van der Waals surface area contributed by atoms with Crippen LogP contribution in [0.3, 0.4) is 0 Å². The Balaban J connectivity index is 1.61. The molecule has 1 heterocycles. The van der Waals surface area contributed by atoms with Crippen LogP contribution in [0.25, 0.3) is 16.3 Å². The number of carbonyl (C=O) groups excluding carboxylic acids is 1. The second kappa shape index (κ2) is 10.4. The summed E-state index contributed by atoms with van der Waals surface area (Å²) >= 11 is 0. The number of hydrogen-bond acceptors (Lipinski definition) is 3. The molecule has 4 aromatic rings. The van der Waals surface area contributed by atoms with Gasteiger partial charge in [0.2, 0.25) is 5.91 Å². The fourth-order valence-electron chi connectivity index (χ4n) is 3.63. The number of benzene rings is 3. The van der Waals surface area contributed by atoms with Gasteiger partial charge in [-0.1, -0.05) is 60.7 Å². The van der Waals surface area contributed by atoms with Crippen molar-refractivity contribution >= 4 is 27.9 Å². The molecule has 1 aromatic heterocycles. The molecular weight excluding hydrogens is 453 g/mol. The molecule has 4 rings (SSSR count). The molecule has 0 aliphatic heterocycles. The average molecular weight is 474 g/mol. The summed E-state index contributed by atoms with van der Waals surface area (Å²) < 4.78 is 39.0. The topological polar surface area (TPSA) is 62.2 Å². The Morgan fingerprint density at radius 3 is 2.29 bits per heavy atom.